The number of anilines is 1. The minimum absolute atomic E-state index is 0.443. The molecule has 8 heteroatoms. The number of aryl methyl sites for hydroxylation is 1. The first-order valence-electron chi connectivity index (χ1n) is 6.52. The molecule has 0 unspecified atom stereocenters. The Bertz CT molecular complexity index is 816. The second-order valence-electron chi connectivity index (χ2n) is 4.64. The van der Waals surface area contributed by atoms with Crippen LogP contribution in [0.1, 0.15) is 15.9 Å². The van der Waals surface area contributed by atoms with Gasteiger partial charge in [-0.2, -0.15) is 4.73 Å². The number of aromatic carboxylic acids is 1. The molecule has 2 rings (SSSR count). The molecule has 1 heterocycles. The van der Waals surface area contributed by atoms with Crippen molar-refractivity contribution in [1.29, 1.82) is 0 Å². The van der Waals surface area contributed by atoms with E-state index in [1.54, 1.807) is 25.1 Å². The molecule has 0 aliphatic heterocycles. The van der Waals surface area contributed by atoms with Crippen LogP contribution in [0.5, 0.6) is 0 Å². The molecule has 23 heavy (non-hydrogen) atoms. The first kappa shape index (κ1) is 16.6. The topological polar surface area (TPSA) is 97.6 Å². The van der Waals surface area contributed by atoms with Gasteiger partial charge in [-0.15, -0.1) is 0 Å². The van der Waals surface area contributed by atoms with Gasteiger partial charge >= 0.3 is 5.97 Å². The Labute approximate surface area is 136 Å². The molecule has 1 aromatic carbocycles. The van der Waals surface area contributed by atoms with Crippen molar-refractivity contribution in [2.45, 2.75) is 6.92 Å². The van der Waals surface area contributed by atoms with Crippen molar-refractivity contribution in [3.63, 3.8) is 0 Å². The van der Waals surface area contributed by atoms with Crippen LogP contribution >= 0.6 is 11.6 Å². The summed E-state index contributed by atoms with van der Waals surface area (Å²) in [6, 6.07) is 7.46. The van der Waals surface area contributed by atoms with Gasteiger partial charge in [-0.05, 0) is 42.8 Å². The normalized spacial score (nSPS) is 10.2. The van der Waals surface area contributed by atoms with Gasteiger partial charge < -0.3 is 15.3 Å². The number of amides is 1. The molecule has 2 N–H and O–H groups in total. The van der Waals surface area contributed by atoms with E-state index < -0.39 is 29.6 Å². The minimum atomic E-state index is -1.37. The molecule has 0 atom stereocenters. The van der Waals surface area contributed by atoms with Gasteiger partial charge in [0.2, 0.25) is 0 Å². The second kappa shape index (κ2) is 6.97. The van der Waals surface area contributed by atoms with E-state index >= 15 is 0 Å². The van der Waals surface area contributed by atoms with Crippen LogP contribution in [-0.2, 0) is 4.79 Å². The number of pyridine rings is 1. The number of benzene rings is 1. The van der Waals surface area contributed by atoms with Crippen LogP contribution in [0.25, 0.3) is 0 Å². The van der Waals surface area contributed by atoms with Crippen molar-refractivity contribution >= 4 is 29.2 Å². The van der Waals surface area contributed by atoms with E-state index in [1.165, 1.54) is 12.3 Å². The Morgan fingerprint density at radius 2 is 2.09 bits per heavy atom. The van der Waals surface area contributed by atoms with Crippen molar-refractivity contribution in [3.05, 3.63) is 63.0 Å². The number of rotatable bonds is 5. The molecule has 0 aliphatic rings. The van der Waals surface area contributed by atoms with Gasteiger partial charge in [-0.1, -0.05) is 11.6 Å². The summed E-state index contributed by atoms with van der Waals surface area (Å²) >= 11 is 5.83. The van der Waals surface area contributed by atoms with Gasteiger partial charge in [0.05, 0.1) is 0 Å². The lowest BCUT2D eigenvalue weighted by Crippen LogP contribution is -2.34. The number of carbonyl (C=O) groups excluding carboxylic acids is 1. The number of nitrogens with one attached hydrogen (secondary N) is 1. The third-order valence-electron chi connectivity index (χ3n) is 2.94. The molecular weight excluding hydrogens is 324 g/mol. The maximum Gasteiger partial charge on any atom is 0.341 e. The number of halogens is 1. The van der Waals surface area contributed by atoms with E-state index in [9.17, 15) is 14.4 Å². The average Bonchev–Trinajstić information content (AvgIpc) is 2.49. The van der Waals surface area contributed by atoms with Crippen molar-refractivity contribution in [2.24, 2.45) is 0 Å². The third-order valence-corrected chi connectivity index (χ3v) is 3.18. The zero-order chi connectivity index (χ0) is 17.0. The Morgan fingerprint density at radius 1 is 1.35 bits per heavy atom. The van der Waals surface area contributed by atoms with Gasteiger partial charge in [0, 0.05) is 16.9 Å². The van der Waals surface area contributed by atoms with Crippen molar-refractivity contribution in [3.8, 4) is 0 Å². The van der Waals surface area contributed by atoms with Gasteiger partial charge in [0.1, 0.15) is 5.56 Å². The number of aromatic nitrogens is 1. The Kier molecular flexibility index (Phi) is 5.02. The zero-order valence-electron chi connectivity index (χ0n) is 12.1. The number of carbonyl (C=O) groups is 2. The number of hydrogen-bond acceptors (Lipinski definition) is 4. The fraction of sp³-hybridized carbons (Fsp3) is 0.133. The summed E-state index contributed by atoms with van der Waals surface area (Å²) in [5, 5.41) is 12.0. The Morgan fingerprint density at radius 3 is 2.74 bits per heavy atom. The van der Waals surface area contributed by atoms with Crippen molar-refractivity contribution in [2.75, 3.05) is 11.9 Å². The summed E-state index contributed by atoms with van der Waals surface area (Å²) < 4.78 is 0.706. The first-order valence-corrected chi connectivity index (χ1v) is 6.90. The zero-order valence-corrected chi connectivity index (χ0v) is 12.8. The lowest BCUT2D eigenvalue weighted by atomic mass is 10.2. The predicted molar refractivity (Wildman–Crippen MR) is 83.9 cm³/mol. The molecule has 0 radical (unpaired) electrons. The molecule has 0 bridgehead atoms. The standard InChI is InChI=1S/C15H13ClN2O5/c1-9-7-10(16)4-5-12(9)17-13(19)8-23-18-6-2-3-11(14(18)20)15(21)22/h2-7H,8H2,1H3,(H,17,19)(H,21,22). The van der Waals surface area contributed by atoms with Gasteiger partial charge in [-0.25, -0.2) is 4.79 Å². The fourth-order valence-corrected chi connectivity index (χ4v) is 2.05. The molecule has 1 aromatic heterocycles. The Balaban J connectivity index is 2.04. The lowest BCUT2D eigenvalue weighted by molar-refractivity contribution is -0.120. The van der Waals surface area contributed by atoms with Gasteiger partial charge in [-0.3, -0.25) is 9.59 Å². The maximum atomic E-state index is 11.9. The highest BCUT2D eigenvalue weighted by Crippen LogP contribution is 2.19. The predicted octanol–water partition coefficient (Wildman–Crippen LogP) is 1.58. The minimum Gasteiger partial charge on any atom is -0.477 e. The molecular formula is C15H13ClN2O5. The quantitative estimate of drug-likeness (QED) is 0.863. The van der Waals surface area contributed by atoms with Crippen molar-refractivity contribution in [1.82, 2.24) is 4.73 Å². The van der Waals surface area contributed by atoms with Crippen LogP contribution in [0, 0.1) is 6.92 Å². The molecule has 0 saturated heterocycles. The van der Waals surface area contributed by atoms with Gasteiger partial charge in [0.15, 0.2) is 6.61 Å². The Hall–Kier alpha value is -2.80. The monoisotopic (exact) mass is 336 g/mol. The fourth-order valence-electron chi connectivity index (χ4n) is 1.82. The summed E-state index contributed by atoms with van der Waals surface area (Å²) in [6.07, 6.45) is 1.23. The highest BCUT2D eigenvalue weighted by molar-refractivity contribution is 6.30. The number of carboxylic acids is 1. The molecule has 0 spiro atoms. The van der Waals surface area contributed by atoms with Crippen LogP contribution in [0.2, 0.25) is 5.02 Å². The van der Waals surface area contributed by atoms with Crippen LogP contribution < -0.4 is 15.7 Å². The van der Waals surface area contributed by atoms with E-state index in [2.05, 4.69) is 5.32 Å². The summed E-state index contributed by atoms with van der Waals surface area (Å²) in [6.45, 7) is 1.33. The SMILES string of the molecule is Cc1cc(Cl)ccc1NC(=O)COn1cccc(C(=O)O)c1=O. The highest BCUT2D eigenvalue weighted by Gasteiger charge is 2.12. The maximum absolute atomic E-state index is 11.9. The van der Waals surface area contributed by atoms with E-state index in [0.717, 1.165) is 11.6 Å². The van der Waals surface area contributed by atoms with Crippen LogP contribution in [0.4, 0.5) is 5.69 Å². The summed E-state index contributed by atoms with van der Waals surface area (Å²) in [5.74, 6) is -1.86. The average molecular weight is 337 g/mol. The van der Waals surface area contributed by atoms with E-state index in [4.69, 9.17) is 21.5 Å². The van der Waals surface area contributed by atoms with Crippen molar-refractivity contribution < 1.29 is 19.5 Å². The third kappa shape index (κ3) is 4.10. The number of hydrogen-bond donors (Lipinski definition) is 2. The lowest BCUT2D eigenvalue weighted by Gasteiger charge is -2.11. The molecule has 0 fully saturated rings. The molecule has 120 valence electrons. The van der Waals surface area contributed by atoms with Gasteiger partial charge in [0.25, 0.3) is 11.5 Å². The van der Waals surface area contributed by atoms with E-state index in [-0.39, 0.29) is 0 Å². The summed E-state index contributed by atoms with van der Waals surface area (Å²) in [4.78, 5) is 39.5. The smallest absolute Gasteiger partial charge is 0.341 e. The van der Waals surface area contributed by atoms with Crippen LogP contribution in [-0.4, -0.2) is 28.3 Å². The summed E-state index contributed by atoms with van der Waals surface area (Å²) in [5.41, 5.74) is 0.0439. The molecule has 7 nitrogen and oxygen atoms in total. The largest absolute Gasteiger partial charge is 0.477 e. The number of carboxylic acid groups (broad SMARTS) is 1. The first-order chi connectivity index (χ1) is 10.9. The molecule has 2 aromatic rings. The highest BCUT2D eigenvalue weighted by atomic mass is 35.5. The summed E-state index contributed by atoms with van der Waals surface area (Å²) in [7, 11) is 0. The van der Waals surface area contributed by atoms with Crippen LogP contribution in [0.3, 0.4) is 0 Å². The van der Waals surface area contributed by atoms with Crippen LogP contribution in [0.15, 0.2) is 41.3 Å². The molecule has 0 saturated carbocycles. The van der Waals surface area contributed by atoms with E-state index in [1.807, 2.05) is 0 Å². The van der Waals surface area contributed by atoms with E-state index in [0.29, 0.717) is 15.4 Å². The number of nitrogens with zero attached hydrogens (tertiary/aromatic N) is 1. The molecule has 0 aliphatic carbocycles. The second-order valence-corrected chi connectivity index (χ2v) is 5.08. The molecule has 1 amide bonds.